The number of piperazine rings is 1. The Bertz CT molecular complexity index is 1620. The SMILES string of the molecule is N=C(N)N1CCCC(C[C@H](NC(=O)CN2C(=O)CN(CCCc3ccc(Cl)c(Cl)c3)C(=O)[C@@H]2Cc2ccccc2)C(=O)c2nccs2)C1. The van der Waals surface area contributed by atoms with Crippen LogP contribution in [-0.2, 0) is 27.2 Å². The maximum absolute atomic E-state index is 13.9. The van der Waals surface area contributed by atoms with Crippen LogP contribution in [0.1, 0.15) is 46.6 Å². The van der Waals surface area contributed by atoms with Gasteiger partial charge in [-0.1, -0.05) is 59.6 Å². The fourth-order valence-electron chi connectivity index (χ4n) is 6.37. The van der Waals surface area contributed by atoms with Gasteiger partial charge in [0.2, 0.25) is 23.5 Å². The molecule has 1 aromatic heterocycles. The van der Waals surface area contributed by atoms with E-state index in [1.807, 2.05) is 36.4 Å². The lowest BCUT2D eigenvalue weighted by atomic mass is 9.90. The summed E-state index contributed by atoms with van der Waals surface area (Å²) in [6.45, 7) is 1.02. The van der Waals surface area contributed by atoms with Crippen molar-refractivity contribution < 1.29 is 19.2 Å². The molecule has 5 rings (SSSR count). The molecule has 2 aliphatic heterocycles. The van der Waals surface area contributed by atoms with Crippen molar-refractivity contribution in [3.63, 3.8) is 0 Å². The van der Waals surface area contributed by atoms with Gasteiger partial charge >= 0.3 is 0 Å². The number of nitrogens with zero attached hydrogens (tertiary/aromatic N) is 4. The van der Waals surface area contributed by atoms with E-state index < -0.39 is 18.0 Å². The summed E-state index contributed by atoms with van der Waals surface area (Å²) in [5.74, 6) is -1.43. The summed E-state index contributed by atoms with van der Waals surface area (Å²) in [7, 11) is 0. The molecule has 0 bridgehead atoms. The van der Waals surface area contributed by atoms with Gasteiger partial charge in [0.25, 0.3) is 0 Å². The zero-order valence-corrected chi connectivity index (χ0v) is 28.8. The Balaban J connectivity index is 1.29. The van der Waals surface area contributed by atoms with Crippen molar-refractivity contribution in [3.8, 4) is 0 Å². The van der Waals surface area contributed by atoms with Gasteiger partial charge in [-0.25, -0.2) is 4.98 Å². The highest BCUT2D eigenvalue weighted by molar-refractivity contribution is 7.11. The van der Waals surface area contributed by atoms with Gasteiger partial charge in [-0.05, 0) is 61.3 Å². The second-order valence-electron chi connectivity index (χ2n) is 12.2. The number of thiazole rings is 1. The van der Waals surface area contributed by atoms with E-state index in [4.69, 9.17) is 34.3 Å². The van der Waals surface area contributed by atoms with E-state index in [-0.39, 0.29) is 54.0 Å². The number of aromatic nitrogens is 1. The van der Waals surface area contributed by atoms with Gasteiger partial charge in [-0.2, -0.15) is 0 Å². The van der Waals surface area contributed by atoms with Crippen molar-refractivity contribution in [3.05, 3.63) is 86.3 Å². The van der Waals surface area contributed by atoms with Crippen LogP contribution in [0.25, 0.3) is 0 Å². The molecule has 2 saturated heterocycles. The highest BCUT2D eigenvalue weighted by Crippen LogP contribution is 2.25. The summed E-state index contributed by atoms with van der Waals surface area (Å²) < 4.78 is 0. The van der Waals surface area contributed by atoms with E-state index in [0.717, 1.165) is 24.0 Å². The summed E-state index contributed by atoms with van der Waals surface area (Å²) >= 11 is 13.4. The topological polar surface area (TPSA) is 153 Å². The lowest BCUT2D eigenvalue weighted by Gasteiger charge is -2.40. The number of rotatable bonds is 13. The number of carbonyl (C=O) groups excluding carboxylic acids is 4. The van der Waals surface area contributed by atoms with Gasteiger partial charge in [0.1, 0.15) is 12.6 Å². The predicted octanol–water partition coefficient (Wildman–Crippen LogP) is 4.03. The first-order chi connectivity index (χ1) is 23.1. The van der Waals surface area contributed by atoms with Crippen molar-refractivity contribution in [1.29, 1.82) is 5.41 Å². The van der Waals surface area contributed by atoms with Crippen molar-refractivity contribution >= 4 is 64.0 Å². The summed E-state index contributed by atoms with van der Waals surface area (Å²) in [5.41, 5.74) is 7.57. The van der Waals surface area contributed by atoms with Crippen LogP contribution in [0, 0.1) is 11.3 Å². The van der Waals surface area contributed by atoms with Gasteiger partial charge in [0, 0.05) is 37.6 Å². The molecule has 1 unspecified atom stereocenters. The fraction of sp³-hybridized carbons (Fsp3) is 0.412. The molecule has 2 aliphatic rings. The molecule has 4 N–H and O–H groups in total. The minimum Gasteiger partial charge on any atom is -0.370 e. The van der Waals surface area contributed by atoms with Crippen LogP contribution >= 0.6 is 34.5 Å². The molecule has 0 spiro atoms. The lowest BCUT2D eigenvalue weighted by molar-refractivity contribution is -0.157. The number of likely N-dealkylation sites (tertiary alicyclic amines) is 1. The molecule has 2 aromatic carbocycles. The molecule has 48 heavy (non-hydrogen) atoms. The molecule has 14 heteroatoms. The fourth-order valence-corrected chi connectivity index (χ4v) is 7.32. The average molecular weight is 713 g/mol. The highest BCUT2D eigenvalue weighted by Gasteiger charge is 2.40. The molecule has 2 fully saturated rings. The molecule has 0 radical (unpaired) electrons. The van der Waals surface area contributed by atoms with E-state index >= 15 is 0 Å². The van der Waals surface area contributed by atoms with Crippen LogP contribution < -0.4 is 11.1 Å². The number of halogens is 2. The first kappa shape index (κ1) is 35.3. The van der Waals surface area contributed by atoms with Crippen molar-refractivity contribution in [2.24, 2.45) is 11.7 Å². The largest absolute Gasteiger partial charge is 0.370 e. The number of benzene rings is 2. The smallest absolute Gasteiger partial charge is 0.246 e. The van der Waals surface area contributed by atoms with Crippen LogP contribution in [0.15, 0.2) is 60.1 Å². The second-order valence-corrected chi connectivity index (χ2v) is 13.9. The van der Waals surface area contributed by atoms with Gasteiger partial charge in [-0.15, -0.1) is 11.3 Å². The number of guanidine groups is 1. The molecule has 3 heterocycles. The summed E-state index contributed by atoms with van der Waals surface area (Å²) in [6.07, 6.45) is 5.00. The van der Waals surface area contributed by atoms with Crippen LogP contribution in [0.4, 0.5) is 0 Å². The van der Waals surface area contributed by atoms with Gasteiger partial charge in [0.15, 0.2) is 11.0 Å². The monoisotopic (exact) mass is 711 g/mol. The zero-order valence-electron chi connectivity index (χ0n) is 26.4. The minimum absolute atomic E-state index is 0.0124. The predicted molar refractivity (Wildman–Crippen MR) is 186 cm³/mol. The number of Topliss-reactive ketones (excluding diaryl/α,β-unsaturated/α-hetero) is 1. The molecule has 0 aliphatic carbocycles. The van der Waals surface area contributed by atoms with E-state index in [1.165, 1.54) is 22.4 Å². The maximum atomic E-state index is 13.9. The Morgan fingerprint density at radius 3 is 2.60 bits per heavy atom. The third-order valence-corrected chi connectivity index (χ3v) is 10.3. The highest BCUT2D eigenvalue weighted by atomic mass is 35.5. The molecular weight excluding hydrogens is 673 g/mol. The molecule has 3 atom stereocenters. The van der Waals surface area contributed by atoms with E-state index in [2.05, 4.69) is 10.3 Å². The number of amides is 3. The van der Waals surface area contributed by atoms with Gasteiger partial charge < -0.3 is 25.8 Å². The number of nitrogens with two attached hydrogens (primary N) is 1. The number of hydrogen-bond donors (Lipinski definition) is 3. The van der Waals surface area contributed by atoms with E-state index in [9.17, 15) is 19.2 Å². The molecule has 0 saturated carbocycles. The van der Waals surface area contributed by atoms with Crippen molar-refractivity contribution in [2.45, 2.75) is 50.6 Å². The second kappa shape index (κ2) is 16.4. The van der Waals surface area contributed by atoms with Crippen LogP contribution in [0.5, 0.6) is 0 Å². The number of hydrogen-bond acceptors (Lipinski definition) is 7. The Labute approximate surface area is 293 Å². The Kier molecular flexibility index (Phi) is 12.1. The number of ketones is 1. The normalized spacial score (nSPS) is 18.9. The lowest BCUT2D eigenvalue weighted by Crippen LogP contribution is -2.62. The zero-order chi connectivity index (χ0) is 34.2. The van der Waals surface area contributed by atoms with E-state index in [1.54, 1.807) is 27.3 Å². The van der Waals surface area contributed by atoms with E-state index in [0.29, 0.717) is 48.9 Å². The third-order valence-electron chi connectivity index (χ3n) is 8.81. The molecule has 3 amide bonds. The first-order valence-corrected chi connectivity index (χ1v) is 17.6. The van der Waals surface area contributed by atoms with Crippen molar-refractivity contribution in [1.82, 2.24) is 25.0 Å². The van der Waals surface area contributed by atoms with Crippen LogP contribution in [-0.4, -0.2) is 94.0 Å². The van der Waals surface area contributed by atoms with Crippen LogP contribution in [0.3, 0.4) is 0 Å². The summed E-state index contributed by atoms with van der Waals surface area (Å²) in [4.78, 5) is 63.5. The Morgan fingerprint density at radius 1 is 1.10 bits per heavy atom. The van der Waals surface area contributed by atoms with Gasteiger partial charge in [0.05, 0.1) is 22.6 Å². The average Bonchev–Trinajstić information content (AvgIpc) is 3.62. The molecule has 3 aromatic rings. The maximum Gasteiger partial charge on any atom is 0.246 e. The van der Waals surface area contributed by atoms with Gasteiger partial charge in [-0.3, -0.25) is 24.6 Å². The summed E-state index contributed by atoms with van der Waals surface area (Å²) in [5, 5.41) is 13.6. The number of nitrogens with one attached hydrogen (secondary N) is 2. The Morgan fingerprint density at radius 2 is 1.90 bits per heavy atom. The molecule has 11 nitrogen and oxygen atoms in total. The molecular formula is C34H39Cl2N7O4S. The standard InChI is InChI=1S/C34H39Cl2N7O4S/c35-25-11-10-23(16-26(25)36)8-4-13-41-21-30(45)43(28(33(41)47)18-22-6-2-1-3-7-22)20-29(44)40-27(31(46)32-39-12-15-48-32)17-24-9-5-14-42(19-24)34(37)38/h1-3,6-7,10-12,15-16,24,27-28H,4-5,8-9,13-14,17-21H2,(H3,37,38)(H,40,44)/t24?,27-,28-/m0/s1. The number of carbonyl (C=O) groups is 4. The minimum atomic E-state index is -0.889. The quantitative estimate of drug-likeness (QED) is 0.138. The third kappa shape index (κ3) is 9.12. The van der Waals surface area contributed by atoms with Crippen molar-refractivity contribution in [2.75, 3.05) is 32.7 Å². The number of piperidine rings is 1. The van der Waals surface area contributed by atoms with Crippen LogP contribution in [0.2, 0.25) is 10.0 Å². The first-order valence-electron chi connectivity index (χ1n) is 16.0. The number of aryl methyl sites for hydroxylation is 1. The summed E-state index contributed by atoms with van der Waals surface area (Å²) in [6, 6.07) is 13.0. The molecule has 254 valence electrons. The Hall–Kier alpha value is -4.00.